The topological polar surface area (TPSA) is 94.6 Å². The largest absolute Gasteiger partial charge is 0.442 e. The maximum atomic E-state index is 13.8. The van der Waals surface area contributed by atoms with E-state index in [0.29, 0.717) is 12.8 Å². The molecule has 1 unspecified atom stereocenters. The molecule has 1 saturated carbocycles. The third-order valence-electron chi connectivity index (χ3n) is 6.02. The lowest BCUT2D eigenvalue weighted by atomic mass is 9.79. The number of rotatable bonds is 12. The first kappa shape index (κ1) is 29.2. The number of ketones is 4. The second kappa shape index (κ2) is 11.5. The van der Waals surface area contributed by atoms with Gasteiger partial charge < -0.3 is 4.74 Å². The lowest BCUT2D eigenvalue weighted by Gasteiger charge is -2.33. The van der Waals surface area contributed by atoms with Gasteiger partial charge in [0.2, 0.25) is 11.4 Å². The second-order valence-electron chi connectivity index (χ2n) is 12.1. The van der Waals surface area contributed by atoms with Crippen LogP contribution in [0.2, 0.25) is 0 Å². The van der Waals surface area contributed by atoms with Crippen molar-refractivity contribution in [2.45, 2.75) is 106 Å². The highest BCUT2D eigenvalue weighted by Crippen LogP contribution is 2.44. The molecular formula is C27H44O6. The molecule has 0 aliphatic heterocycles. The number of hydrogen-bond acceptors (Lipinski definition) is 6. The number of esters is 1. The van der Waals surface area contributed by atoms with Gasteiger partial charge in [-0.15, -0.1) is 0 Å². The zero-order chi connectivity index (χ0) is 25.7. The van der Waals surface area contributed by atoms with Gasteiger partial charge in [-0.3, -0.25) is 24.0 Å². The van der Waals surface area contributed by atoms with Crippen LogP contribution in [0.5, 0.6) is 0 Å². The van der Waals surface area contributed by atoms with E-state index in [1.807, 2.05) is 62.3 Å². The van der Waals surface area contributed by atoms with Crippen LogP contribution >= 0.6 is 0 Å². The summed E-state index contributed by atoms with van der Waals surface area (Å²) in [6.45, 7) is 17.1. The summed E-state index contributed by atoms with van der Waals surface area (Å²) in [5.41, 5.74) is -2.62. The number of carbonyl (C=O) groups is 5. The molecule has 0 spiro atoms. The van der Waals surface area contributed by atoms with E-state index >= 15 is 0 Å². The van der Waals surface area contributed by atoms with E-state index in [0.717, 1.165) is 0 Å². The lowest BCUT2D eigenvalue weighted by molar-refractivity contribution is -0.178. The van der Waals surface area contributed by atoms with Crippen molar-refractivity contribution in [2.24, 2.45) is 35.0 Å². The maximum Gasteiger partial charge on any atom is 0.307 e. The molecule has 6 heteroatoms. The molecule has 0 radical (unpaired) electrons. The summed E-state index contributed by atoms with van der Waals surface area (Å²) in [5.74, 6) is -5.40. The SMILES string of the molecule is CC(C)CCC(=O)[C@@]1(OC(=O)CC(C)(C)C)C(=O)C(C(=O)CC(C)C)C(=O)[C@@H]1CCC(C)C. The Morgan fingerprint density at radius 2 is 1.45 bits per heavy atom. The van der Waals surface area contributed by atoms with Gasteiger partial charge in [-0.2, -0.15) is 0 Å². The fourth-order valence-corrected chi connectivity index (χ4v) is 4.35. The minimum atomic E-state index is -2.19. The van der Waals surface area contributed by atoms with Crippen molar-refractivity contribution in [3.05, 3.63) is 0 Å². The molecule has 0 aromatic carbocycles. The number of ether oxygens (including phenoxy) is 1. The lowest BCUT2D eigenvalue weighted by Crippen LogP contribution is -2.54. The van der Waals surface area contributed by atoms with Gasteiger partial charge in [-0.1, -0.05) is 68.7 Å². The molecule has 188 valence electrons. The molecule has 33 heavy (non-hydrogen) atoms. The van der Waals surface area contributed by atoms with E-state index in [9.17, 15) is 24.0 Å². The first-order chi connectivity index (χ1) is 15.0. The van der Waals surface area contributed by atoms with E-state index < -0.39 is 52.0 Å². The quantitative estimate of drug-likeness (QED) is 0.293. The molecule has 0 amide bonds. The molecule has 1 aliphatic carbocycles. The van der Waals surface area contributed by atoms with E-state index in [1.165, 1.54) is 0 Å². The fourth-order valence-electron chi connectivity index (χ4n) is 4.35. The number of Topliss-reactive ketones (excluding diaryl/α,β-unsaturated/α-hetero) is 4. The van der Waals surface area contributed by atoms with E-state index in [1.54, 1.807) is 0 Å². The van der Waals surface area contributed by atoms with Gasteiger partial charge in [0, 0.05) is 12.8 Å². The summed E-state index contributed by atoms with van der Waals surface area (Å²) >= 11 is 0. The van der Waals surface area contributed by atoms with Crippen molar-refractivity contribution in [2.75, 3.05) is 0 Å². The van der Waals surface area contributed by atoms with Crippen molar-refractivity contribution in [3.8, 4) is 0 Å². The van der Waals surface area contributed by atoms with Crippen LogP contribution in [0.4, 0.5) is 0 Å². The van der Waals surface area contributed by atoms with Crippen molar-refractivity contribution in [1.82, 2.24) is 0 Å². The average Bonchev–Trinajstić information content (AvgIpc) is 2.82. The predicted octanol–water partition coefficient (Wildman–Crippen LogP) is 5.15. The Labute approximate surface area is 199 Å². The van der Waals surface area contributed by atoms with Crippen molar-refractivity contribution < 1.29 is 28.7 Å². The third kappa shape index (κ3) is 7.58. The molecule has 0 aromatic heterocycles. The van der Waals surface area contributed by atoms with E-state index in [2.05, 4.69) is 0 Å². The van der Waals surface area contributed by atoms with Crippen molar-refractivity contribution in [1.29, 1.82) is 0 Å². The maximum absolute atomic E-state index is 13.8. The first-order valence-electron chi connectivity index (χ1n) is 12.4. The van der Waals surface area contributed by atoms with Gasteiger partial charge in [0.25, 0.3) is 0 Å². The van der Waals surface area contributed by atoms with Gasteiger partial charge in [-0.05, 0) is 36.0 Å². The van der Waals surface area contributed by atoms with Gasteiger partial charge in [0.05, 0.1) is 12.3 Å². The highest BCUT2D eigenvalue weighted by Gasteiger charge is 2.67. The van der Waals surface area contributed by atoms with Crippen LogP contribution in [0.3, 0.4) is 0 Å². The van der Waals surface area contributed by atoms with Gasteiger partial charge in [-0.25, -0.2) is 0 Å². The van der Waals surface area contributed by atoms with Crippen LogP contribution in [-0.4, -0.2) is 34.7 Å². The summed E-state index contributed by atoms with van der Waals surface area (Å²) in [6, 6.07) is 0. The van der Waals surface area contributed by atoms with Gasteiger partial charge in [0.1, 0.15) is 5.92 Å². The molecule has 6 nitrogen and oxygen atoms in total. The highest BCUT2D eigenvalue weighted by atomic mass is 16.6. The second-order valence-corrected chi connectivity index (χ2v) is 12.1. The minimum Gasteiger partial charge on any atom is -0.442 e. The van der Waals surface area contributed by atoms with Crippen LogP contribution in [-0.2, 0) is 28.7 Å². The smallest absolute Gasteiger partial charge is 0.307 e. The minimum absolute atomic E-state index is 0.00477. The summed E-state index contributed by atoms with van der Waals surface area (Å²) in [7, 11) is 0. The Morgan fingerprint density at radius 3 is 1.91 bits per heavy atom. The third-order valence-corrected chi connectivity index (χ3v) is 6.02. The molecule has 1 aliphatic rings. The first-order valence-corrected chi connectivity index (χ1v) is 12.4. The molecule has 0 saturated heterocycles. The summed E-state index contributed by atoms with van der Waals surface area (Å²) in [6.07, 6.45) is 1.37. The van der Waals surface area contributed by atoms with Crippen LogP contribution in [0.1, 0.15) is 101 Å². The highest BCUT2D eigenvalue weighted by molar-refractivity contribution is 6.34. The molecule has 0 N–H and O–H groups in total. The fraction of sp³-hybridized carbons (Fsp3) is 0.815. The molecule has 0 aromatic rings. The summed E-state index contributed by atoms with van der Waals surface area (Å²) < 4.78 is 5.77. The molecule has 1 rings (SSSR count). The normalized spacial score (nSPS) is 23.6. The Hall–Kier alpha value is -1.85. The zero-order valence-corrected chi connectivity index (χ0v) is 22.1. The van der Waals surface area contributed by atoms with Crippen molar-refractivity contribution in [3.63, 3.8) is 0 Å². The Bertz CT molecular complexity index is 755. The Kier molecular flexibility index (Phi) is 10.2. The number of carbonyl (C=O) groups excluding carboxylic acids is 5. The van der Waals surface area contributed by atoms with Gasteiger partial charge in [0.15, 0.2) is 17.3 Å². The summed E-state index contributed by atoms with van der Waals surface area (Å²) in [5, 5.41) is 0. The van der Waals surface area contributed by atoms with Crippen LogP contribution < -0.4 is 0 Å². The average molecular weight is 465 g/mol. The van der Waals surface area contributed by atoms with Crippen LogP contribution in [0.25, 0.3) is 0 Å². The van der Waals surface area contributed by atoms with Crippen LogP contribution in [0, 0.1) is 35.0 Å². The van der Waals surface area contributed by atoms with Crippen LogP contribution in [0.15, 0.2) is 0 Å². The molecular weight excluding hydrogens is 420 g/mol. The standard InChI is InChI=1S/C27H44O6/c1-16(2)10-12-19-24(31)23(20(28)14-18(5)6)25(32)27(19,21(29)13-11-17(3)4)33-22(30)15-26(7,8)9/h16-19,23H,10-15H2,1-9H3/t19-,23?,27+/m0/s1. The predicted molar refractivity (Wildman–Crippen MR) is 128 cm³/mol. The van der Waals surface area contributed by atoms with E-state index in [4.69, 9.17) is 4.74 Å². The summed E-state index contributed by atoms with van der Waals surface area (Å²) in [4.78, 5) is 66.8. The zero-order valence-electron chi connectivity index (χ0n) is 22.1. The van der Waals surface area contributed by atoms with Crippen molar-refractivity contribution >= 4 is 29.1 Å². The Morgan fingerprint density at radius 1 is 0.909 bits per heavy atom. The monoisotopic (exact) mass is 464 g/mol. The van der Waals surface area contributed by atoms with Gasteiger partial charge >= 0.3 is 5.97 Å². The molecule has 3 atom stereocenters. The number of hydrogen-bond donors (Lipinski definition) is 0. The molecule has 0 heterocycles. The Balaban J connectivity index is 3.57. The molecule has 0 bridgehead atoms. The van der Waals surface area contributed by atoms with E-state index in [-0.39, 0.29) is 43.4 Å². The molecule has 1 fully saturated rings.